The number of benzene rings is 2. The number of anilines is 2. The predicted molar refractivity (Wildman–Crippen MR) is 124 cm³/mol. The number of hydrogen-bond donors (Lipinski definition) is 2. The van der Waals surface area contributed by atoms with Gasteiger partial charge < -0.3 is 15.5 Å². The lowest BCUT2D eigenvalue weighted by atomic mass is 10.0. The second-order valence-corrected chi connectivity index (χ2v) is 8.51. The van der Waals surface area contributed by atoms with Gasteiger partial charge in [-0.15, -0.1) is 10.2 Å². The maximum absolute atomic E-state index is 5.07. The number of fused-ring (bicyclic) bond motifs is 2. The Balaban J connectivity index is 1.42. The molecular weight excluding hydrogens is 386 g/mol. The molecule has 0 bridgehead atoms. The van der Waals surface area contributed by atoms with Crippen molar-refractivity contribution in [1.82, 2.24) is 25.2 Å². The minimum Gasteiger partial charge on any atom is -0.352 e. The van der Waals surface area contributed by atoms with Crippen LogP contribution in [0.5, 0.6) is 0 Å². The summed E-state index contributed by atoms with van der Waals surface area (Å²) in [7, 11) is 0. The van der Waals surface area contributed by atoms with Crippen LogP contribution >= 0.6 is 0 Å². The number of nitrogens with one attached hydrogen (secondary N) is 2. The molecule has 0 amide bonds. The number of piperazine rings is 1. The zero-order valence-electron chi connectivity index (χ0n) is 18.1. The lowest BCUT2D eigenvalue weighted by Gasteiger charge is -2.35. The molecule has 0 aliphatic carbocycles. The van der Waals surface area contributed by atoms with Crippen molar-refractivity contribution < 1.29 is 0 Å². The normalized spacial score (nSPS) is 18.1. The van der Waals surface area contributed by atoms with E-state index in [0.717, 1.165) is 61.2 Å². The Morgan fingerprint density at radius 3 is 2.68 bits per heavy atom. The van der Waals surface area contributed by atoms with E-state index in [-0.39, 0.29) is 6.04 Å². The first-order valence-electron chi connectivity index (χ1n) is 11.1. The van der Waals surface area contributed by atoms with Crippen molar-refractivity contribution in [3.05, 3.63) is 65.9 Å². The molecule has 2 aromatic carbocycles. The van der Waals surface area contributed by atoms with Gasteiger partial charge in [-0.25, -0.2) is 4.99 Å². The third-order valence-corrected chi connectivity index (χ3v) is 5.87. The molecule has 2 aliphatic heterocycles. The number of para-hydroxylation sites is 2. The maximum Gasteiger partial charge on any atom is 0.184 e. The van der Waals surface area contributed by atoms with Crippen LogP contribution in [-0.2, 0) is 6.42 Å². The molecule has 7 heteroatoms. The molecule has 5 rings (SSSR count). The number of nitrogens with zero attached hydrogens (tertiary/aromatic N) is 5. The molecule has 2 N–H and O–H groups in total. The minimum absolute atomic E-state index is 0.187. The van der Waals surface area contributed by atoms with Crippen LogP contribution in [0.15, 0.2) is 59.6 Å². The third-order valence-electron chi connectivity index (χ3n) is 5.87. The number of aliphatic imine (C=N–C) groups is 1. The molecule has 0 radical (unpaired) electrons. The first-order chi connectivity index (χ1) is 15.2. The van der Waals surface area contributed by atoms with E-state index in [9.17, 15) is 0 Å². The van der Waals surface area contributed by atoms with E-state index in [2.05, 4.69) is 59.7 Å². The minimum atomic E-state index is 0.187. The molecule has 7 nitrogen and oxygen atoms in total. The molecule has 1 aromatic heterocycles. The first-order valence-corrected chi connectivity index (χ1v) is 11.1. The summed E-state index contributed by atoms with van der Waals surface area (Å²) in [6.07, 6.45) is 2.16. The van der Waals surface area contributed by atoms with Gasteiger partial charge in [-0.3, -0.25) is 0 Å². The van der Waals surface area contributed by atoms with Crippen LogP contribution in [0.25, 0.3) is 0 Å². The van der Waals surface area contributed by atoms with Crippen molar-refractivity contribution in [3.8, 4) is 0 Å². The number of amidine groups is 1. The van der Waals surface area contributed by atoms with Gasteiger partial charge in [0.05, 0.1) is 17.4 Å². The van der Waals surface area contributed by atoms with Gasteiger partial charge >= 0.3 is 0 Å². The molecule has 0 saturated carbocycles. The Labute approximate surface area is 183 Å². The van der Waals surface area contributed by atoms with Crippen molar-refractivity contribution in [1.29, 1.82) is 0 Å². The summed E-state index contributed by atoms with van der Waals surface area (Å²) >= 11 is 0. The fraction of sp³-hybridized carbons (Fsp3) is 0.375. The zero-order valence-corrected chi connectivity index (χ0v) is 18.1. The fourth-order valence-electron chi connectivity index (χ4n) is 4.18. The van der Waals surface area contributed by atoms with Gasteiger partial charge in [0, 0.05) is 25.7 Å². The molecule has 1 unspecified atom stereocenters. The lowest BCUT2D eigenvalue weighted by molar-refractivity contribution is 0.281. The summed E-state index contributed by atoms with van der Waals surface area (Å²) in [4.78, 5) is 9.21. The van der Waals surface area contributed by atoms with Crippen LogP contribution in [-0.4, -0.2) is 51.4 Å². The summed E-state index contributed by atoms with van der Waals surface area (Å²) in [6.45, 7) is 6.92. The van der Waals surface area contributed by atoms with Gasteiger partial charge in [-0.1, -0.05) is 42.5 Å². The summed E-state index contributed by atoms with van der Waals surface area (Å²) in [6, 6.07) is 19.4. The molecule has 3 heterocycles. The highest BCUT2D eigenvalue weighted by atomic mass is 15.5. The molecule has 2 aliphatic rings. The number of aromatic nitrogens is 3. The van der Waals surface area contributed by atoms with Crippen molar-refractivity contribution >= 4 is 23.0 Å². The molecular formula is C24H29N7. The lowest BCUT2D eigenvalue weighted by Crippen LogP contribution is -2.53. The van der Waals surface area contributed by atoms with Crippen LogP contribution in [0, 0.1) is 0 Å². The first kappa shape index (κ1) is 19.8. The van der Waals surface area contributed by atoms with E-state index in [1.807, 2.05) is 24.3 Å². The summed E-state index contributed by atoms with van der Waals surface area (Å²) in [5, 5.41) is 16.7. The fourth-order valence-corrected chi connectivity index (χ4v) is 4.18. The van der Waals surface area contributed by atoms with E-state index < -0.39 is 0 Å². The molecule has 1 atom stereocenters. The van der Waals surface area contributed by atoms with Crippen molar-refractivity contribution in [2.45, 2.75) is 38.8 Å². The van der Waals surface area contributed by atoms with Gasteiger partial charge in [0.1, 0.15) is 0 Å². The van der Waals surface area contributed by atoms with Crippen LogP contribution in [0.3, 0.4) is 0 Å². The van der Waals surface area contributed by atoms with Crippen LogP contribution in [0.1, 0.15) is 37.6 Å². The van der Waals surface area contributed by atoms with E-state index in [1.165, 1.54) is 5.56 Å². The van der Waals surface area contributed by atoms with Crippen LogP contribution < -0.4 is 10.6 Å². The predicted octanol–water partition coefficient (Wildman–Crippen LogP) is 3.90. The van der Waals surface area contributed by atoms with Gasteiger partial charge in [-0.2, -0.15) is 4.80 Å². The van der Waals surface area contributed by atoms with E-state index in [0.29, 0.717) is 6.04 Å². The third kappa shape index (κ3) is 4.18. The average molecular weight is 416 g/mol. The van der Waals surface area contributed by atoms with Gasteiger partial charge in [0.25, 0.3) is 0 Å². The SMILES string of the molecule is CC(C)n1nc2c(n1)C(N1CCNC(CCc3ccccc3)C1)=Nc1ccccc1N2. The van der Waals surface area contributed by atoms with Crippen LogP contribution in [0.2, 0.25) is 0 Å². The maximum atomic E-state index is 5.07. The Bertz CT molecular complexity index is 1070. The standard InChI is InChI=1S/C24H29N7/c1-17(2)31-28-22-23(29-31)26-20-10-6-7-11-21(20)27-24(22)30-15-14-25-19(16-30)13-12-18-8-4-3-5-9-18/h3-11,17,19,25H,12-16H2,1-2H3,(H,26,29). The Morgan fingerprint density at radius 2 is 1.84 bits per heavy atom. The number of hydrogen-bond acceptors (Lipinski definition) is 6. The smallest absolute Gasteiger partial charge is 0.184 e. The molecule has 3 aromatic rings. The van der Waals surface area contributed by atoms with E-state index in [4.69, 9.17) is 15.2 Å². The monoisotopic (exact) mass is 415 g/mol. The highest BCUT2D eigenvalue weighted by Crippen LogP contribution is 2.33. The second kappa shape index (κ2) is 8.51. The highest BCUT2D eigenvalue weighted by molar-refractivity contribution is 6.05. The van der Waals surface area contributed by atoms with Crippen molar-refractivity contribution in [2.24, 2.45) is 4.99 Å². The highest BCUT2D eigenvalue weighted by Gasteiger charge is 2.29. The summed E-state index contributed by atoms with van der Waals surface area (Å²) < 4.78 is 0. The number of rotatable bonds is 4. The Kier molecular flexibility index (Phi) is 5.42. The summed E-state index contributed by atoms with van der Waals surface area (Å²) in [5.74, 6) is 1.68. The van der Waals surface area contributed by atoms with Gasteiger partial charge in [0.2, 0.25) is 0 Å². The molecule has 31 heavy (non-hydrogen) atoms. The quantitative estimate of drug-likeness (QED) is 0.676. The topological polar surface area (TPSA) is 70.4 Å². The molecule has 1 saturated heterocycles. The molecule has 1 fully saturated rings. The van der Waals surface area contributed by atoms with E-state index in [1.54, 1.807) is 4.80 Å². The van der Waals surface area contributed by atoms with Crippen LogP contribution in [0.4, 0.5) is 17.2 Å². The van der Waals surface area contributed by atoms with Crippen molar-refractivity contribution in [2.75, 3.05) is 25.0 Å². The average Bonchev–Trinajstić information content (AvgIpc) is 3.15. The van der Waals surface area contributed by atoms with Gasteiger partial charge in [0.15, 0.2) is 17.3 Å². The Morgan fingerprint density at radius 1 is 1.03 bits per heavy atom. The largest absolute Gasteiger partial charge is 0.352 e. The molecule has 160 valence electrons. The Hall–Kier alpha value is -3.19. The van der Waals surface area contributed by atoms with Crippen molar-refractivity contribution in [3.63, 3.8) is 0 Å². The van der Waals surface area contributed by atoms with Gasteiger partial charge in [-0.05, 0) is 44.4 Å². The van der Waals surface area contributed by atoms with E-state index >= 15 is 0 Å². The summed E-state index contributed by atoms with van der Waals surface area (Å²) in [5.41, 5.74) is 4.10. The second-order valence-electron chi connectivity index (χ2n) is 8.51. The molecule has 0 spiro atoms. The zero-order chi connectivity index (χ0) is 21.2. The number of aryl methyl sites for hydroxylation is 1.